The van der Waals surface area contributed by atoms with E-state index in [9.17, 15) is 0 Å². The highest BCUT2D eigenvalue weighted by Gasteiger charge is 2.28. The Morgan fingerprint density at radius 3 is 2.88 bits per heavy atom. The molecule has 0 saturated heterocycles. The van der Waals surface area contributed by atoms with Crippen molar-refractivity contribution < 1.29 is 4.42 Å². The van der Waals surface area contributed by atoms with Crippen molar-refractivity contribution in [1.82, 2.24) is 4.90 Å². The first-order valence-corrected chi connectivity index (χ1v) is 5.93. The maximum absolute atomic E-state index is 5.90. The molecule has 1 aromatic carbocycles. The SMILES string of the molecule is NCC1c2ccccc2CN1Cc1ccco1. The first-order chi connectivity index (χ1) is 8.38. The standard InChI is InChI=1S/C14H16N2O/c15-8-14-13-6-2-1-4-11(13)9-16(14)10-12-5-3-7-17-12/h1-7,14H,8-10,15H2. The molecule has 2 aromatic rings. The third-order valence-electron chi connectivity index (χ3n) is 3.39. The van der Waals surface area contributed by atoms with Crippen LogP contribution in [-0.4, -0.2) is 11.4 Å². The Kier molecular flexibility index (Phi) is 2.71. The molecule has 2 heterocycles. The Balaban J connectivity index is 1.84. The second kappa shape index (κ2) is 4.35. The van der Waals surface area contributed by atoms with Crippen molar-refractivity contribution in [2.24, 2.45) is 5.73 Å². The lowest BCUT2D eigenvalue weighted by Gasteiger charge is -2.22. The average Bonchev–Trinajstić information content (AvgIpc) is 2.96. The quantitative estimate of drug-likeness (QED) is 0.876. The minimum absolute atomic E-state index is 0.316. The first-order valence-electron chi connectivity index (χ1n) is 5.93. The van der Waals surface area contributed by atoms with Gasteiger partial charge in [0.15, 0.2) is 0 Å². The third-order valence-corrected chi connectivity index (χ3v) is 3.39. The van der Waals surface area contributed by atoms with Gasteiger partial charge in [0, 0.05) is 19.1 Å². The van der Waals surface area contributed by atoms with Gasteiger partial charge in [-0.25, -0.2) is 0 Å². The fourth-order valence-electron chi connectivity index (χ4n) is 2.57. The molecule has 0 aliphatic carbocycles. The maximum atomic E-state index is 5.90. The molecule has 1 atom stereocenters. The zero-order chi connectivity index (χ0) is 11.7. The minimum Gasteiger partial charge on any atom is -0.468 e. The summed E-state index contributed by atoms with van der Waals surface area (Å²) in [5.41, 5.74) is 8.64. The molecule has 1 aliphatic rings. The van der Waals surface area contributed by atoms with Gasteiger partial charge in [-0.15, -0.1) is 0 Å². The molecular weight excluding hydrogens is 212 g/mol. The van der Waals surface area contributed by atoms with Gasteiger partial charge in [0.1, 0.15) is 5.76 Å². The molecule has 3 nitrogen and oxygen atoms in total. The summed E-state index contributed by atoms with van der Waals surface area (Å²) in [6.45, 7) is 2.43. The number of fused-ring (bicyclic) bond motifs is 1. The predicted octanol–water partition coefficient (Wildman–Crippen LogP) is 2.30. The van der Waals surface area contributed by atoms with E-state index in [2.05, 4.69) is 29.2 Å². The molecule has 1 aliphatic heterocycles. The van der Waals surface area contributed by atoms with E-state index in [-0.39, 0.29) is 0 Å². The van der Waals surface area contributed by atoms with Gasteiger partial charge in [0.2, 0.25) is 0 Å². The van der Waals surface area contributed by atoms with E-state index in [0.717, 1.165) is 18.8 Å². The van der Waals surface area contributed by atoms with E-state index >= 15 is 0 Å². The summed E-state index contributed by atoms with van der Waals surface area (Å²) < 4.78 is 5.40. The number of furan rings is 1. The molecule has 2 N–H and O–H groups in total. The van der Waals surface area contributed by atoms with Crippen molar-refractivity contribution in [3.8, 4) is 0 Å². The van der Waals surface area contributed by atoms with Gasteiger partial charge in [-0.3, -0.25) is 4.90 Å². The predicted molar refractivity (Wildman–Crippen MR) is 66.2 cm³/mol. The van der Waals surface area contributed by atoms with E-state index in [0.29, 0.717) is 12.6 Å². The lowest BCUT2D eigenvalue weighted by Crippen LogP contribution is -2.27. The zero-order valence-corrected chi connectivity index (χ0v) is 9.67. The van der Waals surface area contributed by atoms with Crippen LogP contribution < -0.4 is 5.73 Å². The van der Waals surface area contributed by atoms with Gasteiger partial charge in [0.05, 0.1) is 12.8 Å². The summed E-state index contributed by atoms with van der Waals surface area (Å²) in [6.07, 6.45) is 1.72. The highest BCUT2D eigenvalue weighted by Crippen LogP contribution is 2.33. The summed E-state index contributed by atoms with van der Waals surface area (Å²) in [4.78, 5) is 2.36. The summed E-state index contributed by atoms with van der Waals surface area (Å²) >= 11 is 0. The van der Waals surface area contributed by atoms with E-state index in [1.807, 2.05) is 12.1 Å². The molecule has 0 amide bonds. The summed E-state index contributed by atoms with van der Waals surface area (Å²) in [5.74, 6) is 0.997. The van der Waals surface area contributed by atoms with Crippen molar-refractivity contribution >= 4 is 0 Å². The van der Waals surface area contributed by atoms with Crippen LogP contribution in [0.25, 0.3) is 0 Å². The molecule has 3 rings (SSSR count). The molecule has 0 radical (unpaired) electrons. The van der Waals surface area contributed by atoms with Crippen LogP contribution in [0.5, 0.6) is 0 Å². The lowest BCUT2D eigenvalue weighted by molar-refractivity contribution is 0.194. The van der Waals surface area contributed by atoms with Crippen LogP contribution in [0.1, 0.15) is 22.9 Å². The molecule has 1 unspecified atom stereocenters. The topological polar surface area (TPSA) is 42.4 Å². The number of hydrogen-bond donors (Lipinski definition) is 1. The summed E-state index contributed by atoms with van der Waals surface area (Å²) in [7, 11) is 0. The van der Waals surface area contributed by atoms with Gasteiger partial charge in [-0.2, -0.15) is 0 Å². The van der Waals surface area contributed by atoms with Crippen LogP contribution in [0.2, 0.25) is 0 Å². The number of nitrogens with zero attached hydrogens (tertiary/aromatic N) is 1. The van der Waals surface area contributed by atoms with Gasteiger partial charge in [-0.1, -0.05) is 24.3 Å². The van der Waals surface area contributed by atoms with E-state index in [1.54, 1.807) is 6.26 Å². The number of rotatable bonds is 3. The fourth-order valence-corrected chi connectivity index (χ4v) is 2.57. The largest absolute Gasteiger partial charge is 0.468 e. The zero-order valence-electron chi connectivity index (χ0n) is 9.67. The highest BCUT2D eigenvalue weighted by molar-refractivity contribution is 5.34. The Bertz CT molecular complexity index is 491. The molecule has 0 fully saturated rings. The van der Waals surface area contributed by atoms with Crippen LogP contribution >= 0.6 is 0 Å². The average molecular weight is 228 g/mol. The highest BCUT2D eigenvalue weighted by atomic mass is 16.3. The van der Waals surface area contributed by atoms with Crippen molar-refractivity contribution in [3.05, 3.63) is 59.5 Å². The fraction of sp³-hybridized carbons (Fsp3) is 0.286. The Labute approximate surface area is 101 Å². The number of nitrogens with two attached hydrogens (primary N) is 1. The molecule has 88 valence electrons. The normalized spacial score (nSPS) is 19.5. The van der Waals surface area contributed by atoms with Crippen molar-refractivity contribution in [2.45, 2.75) is 19.1 Å². The maximum Gasteiger partial charge on any atom is 0.117 e. The number of hydrogen-bond acceptors (Lipinski definition) is 3. The lowest BCUT2D eigenvalue weighted by atomic mass is 10.1. The monoisotopic (exact) mass is 228 g/mol. The third kappa shape index (κ3) is 1.88. The van der Waals surface area contributed by atoms with E-state index < -0.39 is 0 Å². The Morgan fingerprint density at radius 2 is 2.12 bits per heavy atom. The van der Waals surface area contributed by atoms with Crippen molar-refractivity contribution in [1.29, 1.82) is 0 Å². The number of benzene rings is 1. The molecule has 1 aromatic heterocycles. The van der Waals surface area contributed by atoms with E-state index in [1.165, 1.54) is 11.1 Å². The summed E-state index contributed by atoms with van der Waals surface area (Å²) in [5, 5.41) is 0. The second-order valence-electron chi connectivity index (χ2n) is 4.43. The first kappa shape index (κ1) is 10.6. The molecule has 0 spiro atoms. The van der Waals surface area contributed by atoms with E-state index in [4.69, 9.17) is 10.2 Å². The second-order valence-corrected chi connectivity index (χ2v) is 4.43. The van der Waals surface area contributed by atoms with Gasteiger partial charge in [0.25, 0.3) is 0 Å². The molecular formula is C14H16N2O. The van der Waals surface area contributed by atoms with Gasteiger partial charge < -0.3 is 10.2 Å². The molecule has 17 heavy (non-hydrogen) atoms. The Hall–Kier alpha value is -1.58. The molecule has 0 saturated carbocycles. The molecule has 0 bridgehead atoms. The van der Waals surface area contributed by atoms with Crippen LogP contribution in [0.3, 0.4) is 0 Å². The minimum atomic E-state index is 0.316. The Morgan fingerprint density at radius 1 is 1.24 bits per heavy atom. The van der Waals surface area contributed by atoms with Crippen molar-refractivity contribution in [2.75, 3.05) is 6.54 Å². The van der Waals surface area contributed by atoms with Crippen LogP contribution in [0.4, 0.5) is 0 Å². The summed E-state index contributed by atoms with van der Waals surface area (Å²) in [6, 6.07) is 12.8. The van der Waals surface area contributed by atoms with Crippen molar-refractivity contribution in [3.63, 3.8) is 0 Å². The smallest absolute Gasteiger partial charge is 0.117 e. The van der Waals surface area contributed by atoms with Gasteiger partial charge in [-0.05, 0) is 23.3 Å². The van der Waals surface area contributed by atoms with Gasteiger partial charge >= 0.3 is 0 Å². The molecule has 3 heteroatoms. The van der Waals surface area contributed by atoms with Crippen LogP contribution in [-0.2, 0) is 13.1 Å². The van der Waals surface area contributed by atoms with Crippen LogP contribution in [0, 0.1) is 0 Å². The van der Waals surface area contributed by atoms with Crippen LogP contribution in [0.15, 0.2) is 47.1 Å².